The number of thioether (sulfide) groups is 1. The molecule has 0 bridgehead atoms. The van der Waals surface area contributed by atoms with Gasteiger partial charge in [0.15, 0.2) is 6.10 Å². The van der Waals surface area contributed by atoms with Gasteiger partial charge in [-0.25, -0.2) is 0 Å². The lowest BCUT2D eigenvalue weighted by atomic mass is 9.99. The summed E-state index contributed by atoms with van der Waals surface area (Å²) in [6, 6.07) is 15.3. The van der Waals surface area contributed by atoms with E-state index >= 15 is 0 Å². The van der Waals surface area contributed by atoms with Crippen molar-refractivity contribution in [3.8, 4) is 0 Å². The van der Waals surface area contributed by atoms with Crippen LogP contribution in [0.2, 0.25) is 0 Å². The van der Waals surface area contributed by atoms with Crippen LogP contribution in [-0.4, -0.2) is 61.6 Å². The number of aliphatic hydroxyl groups is 1. The van der Waals surface area contributed by atoms with Gasteiger partial charge in [-0.05, 0) is 35.7 Å². The Morgan fingerprint density at radius 1 is 1.05 bits per heavy atom. The number of aliphatic hydroxyl groups excluding tert-OH is 1. The van der Waals surface area contributed by atoms with Crippen LogP contribution in [0.1, 0.15) is 34.1 Å². The molecule has 2 aromatic carbocycles. The van der Waals surface area contributed by atoms with E-state index in [1.165, 1.54) is 34.9 Å². The highest BCUT2D eigenvalue weighted by Gasteiger charge is 2.44. The SMILES string of the molecule is CC1SCN(C(=O)[C@@H](O)[C@H](Cc2ccccc2)NC(=O)c2cccn2C)[C@@H]1C(=O)NCc1ccccc1C(F)(F)F. The second-order valence-corrected chi connectivity index (χ2v) is 11.2. The first-order chi connectivity index (χ1) is 19.5. The van der Waals surface area contributed by atoms with Crippen molar-refractivity contribution in [1.82, 2.24) is 20.1 Å². The van der Waals surface area contributed by atoms with Crippen LogP contribution in [0.25, 0.3) is 0 Å². The summed E-state index contributed by atoms with van der Waals surface area (Å²) >= 11 is 1.31. The molecule has 41 heavy (non-hydrogen) atoms. The molecule has 2 heterocycles. The smallest absolute Gasteiger partial charge is 0.381 e. The van der Waals surface area contributed by atoms with Crippen LogP contribution < -0.4 is 10.6 Å². The maximum atomic E-state index is 13.6. The number of rotatable bonds is 9. The van der Waals surface area contributed by atoms with E-state index in [-0.39, 0.29) is 29.7 Å². The minimum Gasteiger partial charge on any atom is -0.381 e. The summed E-state index contributed by atoms with van der Waals surface area (Å²) < 4.78 is 41.8. The molecule has 218 valence electrons. The lowest BCUT2D eigenvalue weighted by molar-refractivity contribution is -0.146. The van der Waals surface area contributed by atoms with Crippen molar-refractivity contribution in [2.75, 3.05) is 5.88 Å². The van der Waals surface area contributed by atoms with Crippen LogP contribution in [0.3, 0.4) is 0 Å². The Morgan fingerprint density at radius 2 is 1.73 bits per heavy atom. The van der Waals surface area contributed by atoms with Gasteiger partial charge in [-0.1, -0.05) is 55.5 Å². The van der Waals surface area contributed by atoms with Gasteiger partial charge in [0.1, 0.15) is 11.7 Å². The van der Waals surface area contributed by atoms with Crippen LogP contribution >= 0.6 is 11.8 Å². The van der Waals surface area contributed by atoms with E-state index in [1.54, 1.807) is 49.0 Å². The van der Waals surface area contributed by atoms with Gasteiger partial charge in [-0.15, -0.1) is 11.8 Å². The predicted octanol–water partition coefficient (Wildman–Crippen LogP) is 3.35. The molecule has 8 nitrogen and oxygen atoms in total. The number of carbonyl (C=O) groups is 3. The zero-order valence-electron chi connectivity index (χ0n) is 22.5. The third kappa shape index (κ3) is 7.12. The molecule has 1 unspecified atom stereocenters. The molecule has 0 saturated carbocycles. The highest BCUT2D eigenvalue weighted by molar-refractivity contribution is 8.00. The average Bonchev–Trinajstić information content (AvgIpc) is 3.56. The Balaban J connectivity index is 1.51. The zero-order valence-corrected chi connectivity index (χ0v) is 23.3. The van der Waals surface area contributed by atoms with E-state index in [2.05, 4.69) is 10.6 Å². The Morgan fingerprint density at radius 3 is 2.39 bits per heavy atom. The molecule has 3 amide bonds. The number of aromatic nitrogens is 1. The van der Waals surface area contributed by atoms with Crippen LogP contribution in [0.15, 0.2) is 72.9 Å². The van der Waals surface area contributed by atoms with E-state index < -0.39 is 47.6 Å². The van der Waals surface area contributed by atoms with Gasteiger partial charge in [0.2, 0.25) is 5.91 Å². The standard InChI is InChI=1S/C29H31F3N4O4S/c1-18-24(27(39)33-16-20-11-6-7-12-21(20)29(30,31)32)36(17-41-18)28(40)25(37)22(15-19-9-4-3-5-10-19)34-26(38)23-13-8-14-35(23)2/h3-14,18,22,24-25,37H,15-17H2,1-2H3,(H,33,39)(H,34,38)/t18?,22-,24-,25-/m0/s1. The first kappa shape index (κ1) is 30.2. The summed E-state index contributed by atoms with van der Waals surface area (Å²) in [5.41, 5.74) is 0.161. The normalized spacial score (nSPS) is 18.5. The van der Waals surface area contributed by atoms with Crippen molar-refractivity contribution in [2.24, 2.45) is 7.05 Å². The largest absolute Gasteiger partial charge is 0.416 e. The quantitative estimate of drug-likeness (QED) is 0.356. The van der Waals surface area contributed by atoms with Gasteiger partial charge in [0.05, 0.1) is 17.5 Å². The van der Waals surface area contributed by atoms with Gasteiger partial charge < -0.3 is 25.2 Å². The first-order valence-corrected chi connectivity index (χ1v) is 14.0. The third-order valence-electron chi connectivity index (χ3n) is 7.01. The summed E-state index contributed by atoms with van der Waals surface area (Å²) in [4.78, 5) is 41.0. The Kier molecular flexibility index (Phi) is 9.44. The van der Waals surface area contributed by atoms with E-state index in [4.69, 9.17) is 0 Å². The molecule has 0 radical (unpaired) electrons. The fourth-order valence-corrected chi connectivity index (χ4v) is 5.94. The fraction of sp³-hybridized carbons (Fsp3) is 0.345. The van der Waals surface area contributed by atoms with Crippen molar-refractivity contribution >= 4 is 29.5 Å². The Bertz CT molecular complexity index is 1380. The van der Waals surface area contributed by atoms with E-state index in [0.29, 0.717) is 5.69 Å². The summed E-state index contributed by atoms with van der Waals surface area (Å²) in [7, 11) is 1.70. The number of amides is 3. The number of hydrogen-bond donors (Lipinski definition) is 3. The average molecular weight is 589 g/mol. The molecule has 0 spiro atoms. The topological polar surface area (TPSA) is 104 Å². The number of nitrogens with zero attached hydrogens (tertiary/aromatic N) is 2. The van der Waals surface area contributed by atoms with Crippen LogP contribution in [0.4, 0.5) is 13.2 Å². The summed E-state index contributed by atoms with van der Waals surface area (Å²) in [5.74, 6) is -1.77. The highest BCUT2D eigenvalue weighted by atomic mass is 32.2. The second kappa shape index (κ2) is 12.8. The predicted molar refractivity (Wildman–Crippen MR) is 149 cm³/mol. The zero-order chi connectivity index (χ0) is 29.7. The monoisotopic (exact) mass is 588 g/mol. The number of hydrogen-bond acceptors (Lipinski definition) is 5. The molecule has 4 rings (SSSR count). The molecule has 1 aromatic heterocycles. The van der Waals surface area contributed by atoms with Gasteiger partial charge in [0, 0.05) is 25.0 Å². The molecule has 1 fully saturated rings. The van der Waals surface area contributed by atoms with Crippen LogP contribution in [0, 0.1) is 0 Å². The van der Waals surface area contributed by atoms with Crippen molar-refractivity contribution < 1.29 is 32.7 Å². The van der Waals surface area contributed by atoms with Gasteiger partial charge in [-0.3, -0.25) is 14.4 Å². The lowest BCUT2D eigenvalue weighted by Gasteiger charge is -2.30. The third-order valence-corrected chi connectivity index (χ3v) is 8.22. The first-order valence-electron chi connectivity index (χ1n) is 13.0. The van der Waals surface area contributed by atoms with E-state index in [9.17, 15) is 32.7 Å². The number of aryl methyl sites for hydroxylation is 1. The molecule has 12 heteroatoms. The van der Waals surface area contributed by atoms with Gasteiger partial charge >= 0.3 is 6.18 Å². The Hall–Kier alpha value is -3.77. The van der Waals surface area contributed by atoms with Crippen molar-refractivity contribution in [3.05, 3.63) is 95.3 Å². The molecule has 3 aromatic rings. The number of alkyl halides is 3. The molecular formula is C29H31F3N4O4S. The van der Waals surface area contributed by atoms with Crippen LogP contribution in [0.5, 0.6) is 0 Å². The maximum Gasteiger partial charge on any atom is 0.416 e. The Labute approximate surface area is 239 Å². The molecule has 1 saturated heterocycles. The minimum absolute atomic E-state index is 0.0953. The molecule has 0 aliphatic carbocycles. The highest BCUT2D eigenvalue weighted by Crippen LogP contribution is 2.33. The molecule has 4 atom stereocenters. The summed E-state index contributed by atoms with van der Waals surface area (Å²) in [6.45, 7) is 1.35. The van der Waals surface area contributed by atoms with Crippen molar-refractivity contribution in [2.45, 2.75) is 49.5 Å². The number of nitrogens with one attached hydrogen (secondary N) is 2. The summed E-state index contributed by atoms with van der Waals surface area (Å²) in [6.07, 6.45) is -4.43. The van der Waals surface area contributed by atoms with Crippen molar-refractivity contribution in [1.29, 1.82) is 0 Å². The van der Waals surface area contributed by atoms with Crippen molar-refractivity contribution in [3.63, 3.8) is 0 Å². The minimum atomic E-state index is -4.58. The maximum absolute atomic E-state index is 13.6. The molecular weight excluding hydrogens is 557 g/mol. The molecule has 1 aliphatic heterocycles. The van der Waals surface area contributed by atoms with Gasteiger partial charge in [0.25, 0.3) is 11.8 Å². The summed E-state index contributed by atoms with van der Waals surface area (Å²) in [5, 5.41) is 16.2. The van der Waals surface area contributed by atoms with E-state index in [0.717, 1.165) is 11.6 Å². The van der Waals surface area contributed by atoms with E-state index in [1.807, 2.05) is 18.2 Å². The second-order valence-electron chi connectivity index (χ2n) is 9.85. The van der Waals surface area contributed by atoms with Crippen LogP contribution in [-0.2, 0) is 35.8 Å². The molecule has 1 aliphatic rings. The fourth-order valence-electron chi connectivity index (χ4n) is 4.81. The number of benzene rings is 2. The lowest BCUT2D eigenvalue weighted by Crippen LogP contribution is -2.57. The molecule has 3 N–H and O–H groups in total. The number of halogens is 3. The number of carbonyl (C=O) groups excluding carboxylic acids is 3. The van der Waals surface area contributed by atoms with Gasteiger partial charge in [-0.2, -0.15) is 13.2 Å².